The highest BCUT2D eigenvalue weighted by molar-refractivity contribution is 5.67. The van der Waals surface area contributed by atoms with Gasteiger partial charge < -0.3 is 15.0 Å². The molecule has 1 N–H and O–H groups in total. The van der Waals surface area contributed by atoms with Crippen LogP contribution in [0.2, 0.25) is 0 Å². The third-order valence-electron chi connectivity index (χ3n) is 5.35. The quantitative estimate of drug-likeness (QED) is 0.888. The van der Waals surface area contributed by atoms with Gasteiger partial charge in [0.05, 0.1) is 0 Å². The van der Waals surface area contributed by atoms with Gasteiger partial charge in [-0.1, -0.05) is 36.8 Å². The summed E-state index contributed by atoms with van der Waals surface area (Å²) in [4.78, 5) is 14.6. The van der Waals surface area contributed by atoms with Crippen molar-refractivity contribution in [2.45, 2.75) is 57.6 Å². The van der Waals surface area contributed by atoms with Gasteiger partial charge in [-0.2, -0.15) is 0 Å². The molecule has 1 aliphatic carbocycles. The average Bonchev–Trinajstić information content (AvgIpc) is 2.63. The molecule has 1 aromatic carbocycles. The molecule has 0 radical (unpaired) electrons. The third kappa shape index (κ3) is 5.52. The molecule has 2 aliphatic rings. The summed E-state index contributed by atoms with van der Waals surface area (Å²) >= 11 is 0. The summed E-state index contributed by atoms with van der Waals surface area (Å²) in [5, 5.41) is 3.04. The van der Waals surface area contributed by atoms with Crippen molar-refractivity contribution in [1.82, 2.24) is 10.2 Å². The molecule has 1 saturated heterocycles. The molecule has 1 aromatic rings. The van der Waals surface area contributed by atoms with E-state index in [1.165, 1.54) is 51.7 Å². The minimum Gasteiger partial charge on any atom is -0.445 e. The lowest BCUT2D eigenvalue weighted by atomic mass is 9.85. The van der Waals surface area contributed by atoms with Crippen molar-refractivity contribution in [2.75, 3.05) is 19.6 Å². The Balaban J connectivity index is 1.32. The smallest absolute Gasteiger partial charge is 0.407 e. The summed E-state index contributed by atoms with van der Waals surface area (Å²) in [6.07, 6.45) is 8.46. The van der Waals surface area contributed by atoms with Crippen LogP contribution in [-0.2, 0) is 11.3 Å². The Morgan fingerprint density at radius 1 is 1.04 bits per heavy atom. The van der Waals surface area contributed by atoms with Gasteiger partial charge in [-0.25, -0.2) is 4.79 Å². The summed E-state index contributed by atoms with van der Waals surface area (Å²) in [5.74, 6) is 0.807. The van der Waals surface area contributed by atoms with Crippen LogP contribution in [0.5, 0.6) is 0 Å². The molecule has 0 aromatic heterocycles. The van der Waals surface area contributed by atoms with E-state index in [1.807, 2.05) is 30.3 Å². The number of amides is 1. The second-order valence-electron chi connectivity index (χ2n) is 7.28. The van der Waals surface area contributed by atoms with Crippen LogP contribution < -0.4 is 5.32 Å². The van der Waals surface area contributed by atoms with Crippen LogP contribution in [0.4, 0.5) is 4.79 Å². The van der Waals surface area contributed by atoms with E-state index < -0.39 is 0 Å². The van der Waals surface area contributed by atoms with Gasteiger partial charge in [0, 0.05) is 12.6 Å². The number of ether oxygens (including phenoxy) is 1. The van der Waals surface area contributed by atoms with E-state index in [9.17, 15) is 4.79 Å². The predicted molar refractivity (Wildman–Crippen MR) is 95.8 cm³/mol. The van der Waals surface area contributed by atoms with Crippen molar-refractivity contribution in [1.29, 1.82) is 0 Å². The maximum atomic E-state index is 11.9. The normalized spacial score (nSPS) is 25.2. The molecular formula is C20H30N2O2. The first-order valence-electron chi connectivity index (χ1n) is 9.49. The lowest BCUT2D eigenvalue weighted by Crippen LogP contribution is -2.40. The lowest BCUT2D eigenvalue weighted by molar-refractivity contribution is 0.126. The molecule has 4 heteroatoms. The van der Waals surface area contributed by atoms with Crippen molar-refractivity contribution in [2.24, 2.45) is 5.92 Å². The molecule has 4 nitrogen and oxygen atoms in total. The molecule has 2 fully saturated rings. The minimum atomic E-state index is -0.279. The molecule has 0 unspecified atom stereocenters. The highest BCUT2D eigenvalue weighted by Gasteiger charge is 2.24. The van der Waals surface area contributed by atoms with Gasteiger partial charge in [-0.3, -0.25) is 0 Å². The summed E-state index contributed by atoms with van der Waals surface area (Å²) in [7, 11) is 0. The second kappa shape index (κ2) is 9.07. The fraction of sp³-hybridized carbons (Fsp3) is 0.650. The minimum absolute atomic E-state index is 0.279. The van der Waals surface area contributed by atoms with Crippen LogP contribution in [0.1, 0.15) is 50.5 Å². The number of carbonyl (C=O) groups excluding carboxylic acids is 1. The number of rotatable bonds is 5. The van der Waals surface area contributed by atoms with Crippen LogP contribution in [0, 0.1) is 5.92 Å². The molecule has 0 bridgehead atoms. The van der Waals surface area contributed by atoms with Crippen LogP contribution in [0.15, 0.2) is 30.3 Å². The highest BCUT2D eigenvalue weighted by Crippen LogP contribution is 2.26. The number of likely N-dealkylation sites (tertiary alicyclic amines) is 1. The summed E-state index contributed by atoms with van der Waals surface area (Å²) in [6.45, 7) is 4.16. The molecule has 24 heavy (non-hydrogen) atoms. The summed E-state index contributed by atoms with van der Waals surface area (Å²) in [6, 6.07) is 10.1. The summed E-state index contributed by atoms with van der Waals surface area (Å²) in [5.41, 5.74) is 1.03. The predicted octanol–water partition coefficient (Wildman–Crippen LogP) is 3.96. The number of nitrogens with one attached hydrogen (secondary N) is 1. The van der Waals surface area contributed by atoms with Gasteiger partial charge in [0.2, 0.25) is 0 Å². The Morgan fingerprint density at radius 2 is 1.75 bits per heavy atom. The van der Waals surface area contributed by atoms with E-state index in [1.54, 1.807) is 0 Å². The monoisotopic (exact) mass is 330 g/mol. The van der Waals surface area contributed by atoms with E-state index in [2.05, 4.69) is 10.2 Å². The zero-order chi connectivity index (χ0) is 16.6. The maximum Gasteiger partial charge on any atom is 0.407 e. The third-order valence-corrected chi connectivity index (χ3v) is 5.35. The first kappa shape index (κ1) is 17.3. The molecule has 1 aliphatic heterocycles. The van der Waals surface area contributed by atoms with Crippen molar-refractivity contribution in [3.63, 3.8) is 0 Å². The van der Waals surface area contributed by atoms with Gasteiger partial charge in [0.15, 0.2) is 0 Å². The van der Waals surface area contributed by atoms with Crippen LogP contribution in [0.3, 0.4) is 0 Å². The first-order chi connectivity index (χ1) is 11.8. The van der Waals surface area contributed by atoms with Crippen molar-refractivity contribution < 1.29 is 9.53 Å². The molecule has 1 heterocycles. The van der Waals surface area contributed by atoms with E-state index >= 15 is 0 Å². The standard InChI is InChI=1S/C20H30N2O2/c23-20(24-16-18-7-3-1-4-8-18)21-19-11-9-17(10-12-19)15-22-13-5-2-6-14-22/h1,3-4,7-8,17,19H,2,5-6,9-16H2,(H,21,23). The Hall–Kier alpha value is -1.55. The van der Waals surface area contributed by atoms with Crippen LogP contribution in [-0.4, -0.2) is 36.7 Å². The van der Waals surface area contributed by atoms with Crippen molar-refractivity contribution in [3.05, 3.63) is 35.9 Å². The molecule has 1 saturated carbocycles. The molecule has 132 valence electrons. The van der Waals surface area contributed by atoms with Gasteiger partial charge in [0.1, 0.15) is 6.61 Å². The van der Waals surface area contributed by atoms with Gasteiger partial charge >= 0.3 is 6.09 Å². The van der Waals surface area contributed by atoms with Gasteiger partial charge in [0.25, 0.3) is 0 Å². The largest absolute Gasteiger partial charge is 0.445 e. The van der Waals surface area contributed by atoms with Gasteiger partial charge in [-0.05, 0) is 63.1 Å². The Labute approximate surface area is 145 Å². The summed E-state index contributed by atoms with van der Waals surface area (Å²) < 4.78 is 5.32. The van der Waals surface area contributed by atoms with Crippen molar-refractivity contribution >= 4 is 6.09 Å². The second-order valence-corrected chi connectivity index (χ2v) is 7.28. The molecule has 1 amide bonds. The number of carbonyl (C=O) groups is 1. The van der Waals surface area contributed by atoms with Crippen LogP contribution in [0.25, 0.3) is 0 Å². The van der Waals surface area contributed by atoms with E-state index in [0.29, 0.717) is 6.61 Å². The van der Waals surface area contributed by atoms with Crippen molar-refractivity contribution in [3.8, 4) is 0 Å². The number of benzene rings is 1. The first-order valence-corrected chi connectivity index (χ1v) is 9.49. The number of hydrogen-bond donors (Lipinski definition) is 1. The lowest BCUT2D eigenvalue weighted by Gasteiger charge is -2.34. The van der Waals surface area contributed by atoms with Crippen LogP contribution >= 0.6 is 0 Å². The maximum absolute atomic E-state index is 11.9. The molecule has 0 spiro atoms. The zero-order valence-electron chi connectivity index (χ0n) is 14.6. The number of piperidine rings is 1. The topological polar surface area (TPSA) is 41.6 Å². The molecule has 3 rings (SSSR count). The Morgan fingerprint density at radius 3 is 2.46 bits per heavy atom. The molecular weight excluding hydrogens is 300 g/mol. The highest BCUT2D eigenvalue weighted by atomic mass is 16.5. The Kier molecular flexibility index (Phi) is 6.53. The van der Waals surface area contributed by atoms with E-state index in [0.717, 1.165) is 24.3 Å². The zero-order valence-corrected chi connectivity index (χ0v) is 14.6. The average molecular weight is 330 g/mol. The number of hydrogen-bond acceptors (Lipinski definition) is 3. The SMILES string of the molecule is O=C(NC1CCC(CN2CCCCC2)CC1)OCc1ccccc1. The fourth-order valence-electron chi connectivity index (χ4n) is 3.93. The Bertz CT molecular complexity index is 492. The fourth-order valence-corrected chi connectivity index (χ4v) is 3.93. The number of nitrogens with zero attached hydrogens (tertiary/aromatic N) is 1. The van der Waals surface area contributed by atoms with Gasteiger partial charge in [-0.15, -0.1) is 0 Å². The molecule has 0 atom stereocenters. The van der Waals surface area contributed by atoms with E-state index in [-0.39, 0.29) is 12.1 Å². The number of alkyl carbamates (subject to hydrolysis) is 1. The van der Waals surface area contributed by atoms with E-state index in [4.69, 9.17) is 4.74 Å².